The third kappa shape index (κ3) is 3.60. The molecule has 6 nitrogen and oxygen atoms in total. The van der Waals surface area contributed by atoms with Gasteiger partial charge in [-0.3, -0.25) is 9.48 Å². The Hall–Kier alpha value is -0.356. The third-order valence-corrected chi connectivity index (χ3v) is 5.72. The van der Waals surface area contributed by atoms with Crippen molar-refractivity contribution in [3.63, 3.8) is 0 Å². The van der Waals surface area contributed by atoms with Gasteiger partial charge in [0.1, 0.15) is 10.8 Å². The van der Waals surface area contributed by atoms with Gasteiger partial charge >= 0.3 is 6.18 Å². The summed E-state index contributed by atoms with van der Waals surface area (Å²) in [6.45, 7) is -1.32. The van der Waals surface area contributed by atoms with Crippen LogP contribution < -0.4 is 5.73 Å². The second-order valence-corrected chi connectivity index (χ2v) is 7.16. The quantitative estimate of drug-likeness (QED) is 0.623. The minimum absolute atomic E-state index is 0. The molecule has 0 fully saturated rings. The standard InChI is InChI=1S/C12H10F3N3O3S2.Pr/c13-12(14,15)4-18-8-5(3-17-18)1-2-6-7(8)11(23(20)21)22-9(6)10(16)19;/h3H,1-2,4H2,(H2,16,19)(H,20,21);. The zero-order valence-electron chi connectivity index (χ0n) is 12.0. The number of halogens is 3. The maximum absolute atomic E-state index is 12.7. The topological polar surface area (TPSA) is 98.2 Å². The van der Waals surface area contributed by atoms with E-state index < -0.39 is 29.7 Å². The van der Waals surface area contributed by atoms with Crippen molar-refractivity contribution in [3.05, 3.63) is 22.2 Å². The Balaban J connectivity index is 0.00000208. The number of alkyl halides is 3. The molecule has 1 amide bonds. The van der Waals surface area contributed by atoms with Crippen LogP contribution in [0.25, 0.3) is 11.3 Å². The first kappa shape index (κ1) is 20.0. The fourth-order valence-corrected chi connectivity index (χ4v) is 4.55. The molecule has 0 saturated carbocycles. The molecular weight excluding hydrogens is 496 g/mol. The average molecular weight is 506 g/mol. The van der Waals surface area contributed by atoms with Gasteiger partial charge in [-0.25, -0.2) is 4.21 Å². The number of amides is 1. The Morgan fingerprint density at radius 3 is 2.67 bits per heavy atom. The van der Waals surface area contributed by atoms with E-state index in [0.29, 0.717) is 24.0 Å². The molecule has 1 aliphatic rings. The first-order chi connectivity index (χ1) is 10.7. The molecule has 1 radical (unpaired) electrons. The summed E-state index contributed by atoms with van der Waals surface area (Å²) in [7, 11) is 0. The number of fused-ring (bicyclic) bond motifs is 3. The van der Waals surface area contributed by atoms with Gasteiger partial charge in [0.25, 0.3) is 5.91 Å². The van der Waals surface area contributed by atoms with Crippen LogP contribution in [-0.4, -0.2) is 30.6 Å². The molecule has 0 spiro atoms. The summed E-state index contributed by atoms with van der Waals surface area (Å²) < 4.78 is 59.8. The summed E-state index contributed by atoms with van der Waals surface area (Å²) in [6.07, 6.45) is -2.44. The van der Waals surface area contributed by atoms with Crippen molar-refractivity contribution in [2.24, 2.45) is 5.73 Å². The van der Waals surface area contributed by atoms with Gasteiger partial charge in [0, 0.05) is 46.9 Å². The number of nitrogens with zero attached hydrogens (tertiary/aromatic N) is 2. The number of carbonyl (C=O) groups excluding carboxylic acids is 1. The number of rotatable bonds is 3. The number of aryl methyl sites for hydroxylation is 1. The van der Waals surface area contributed by atoms with E-state index in [-0.39, 0.29) is 61.6 Å². The molecule has 0 saturated heterocycles. The monoisotopic (exact) mass is 506 g/mol. The second-order valence-electron chi connectivity index (χ2n) is 4.98. The number of aromatic nitrogens is 2. The molecule has 1 aliphatic carbocycles. The minimum atomic E-state index is -4.49. The molecule has 0 aromatic carbocycles. The zero-order chi connectivity index (χ0) is 16.9. The van der Waals surface area contributed by atoms with E-state index in [9.17, 15) is 26.7 Å². The van der Waals surface area contributed by atoms with E-state index in [1.54, 1.807) is 0 Å². The largest absolute Gasteiger partial charge is 0.408 e. The average Bonchev–Trinajstić information content (AvgIpc) is 2.97. The molecular formula is C12H10F3N3O3PrS2. The summed E-state index contributed by atoms with van der Waals surface area (Å²) in [5, 5.41) is 3.74. The first-order valence-electron chi connectivity index (χ1n) is 6.37. The molecule has 0 aliphatic heterocycles. The van der Waals surface area contributed by atoms with Gasteiger partial charge in [0.05, 0.1) is 16.8 Å². The number of primary amides is 1. The maximum atomic E-state index is 12.7. The van der Waals surface area contributed by atoms with E-state index in [0.717, 1.165) is 16.0 Å². The number of thiophene rings is 1. The second kappa shape index (κ2) is 7.10. The van der Waals surface area contributed by atoms with E-state index in [1.165, 1.54) is 6.20 Å². The molecule has 2 aromatic heterocycles. The van der Waals surface area contributed by atoms with Crippen LogP contribution >= 0.6 is 11.3 Å². The van der Waals surface area contributed by atoms with Gasteiger partial charge in [-0.1, -0.05) is 0 Å². The van der Waals surface area contributed by atoms with Crippen LogP contribution in [0.5, 0.6) is 0 Å². The van der Waals surface area contributed by atoms with Gasteiger partial charge in [0.15, 0.2) is 11.1 Å². The van der Waals surface area contributed by atoms with Crippen LogP contribution in [0, 0.1) is 41.3 Å². The number of hydrogen-bond donors (Lipinski definition) is 2. The Labute approximate surface area is 173 Å². The normalized spacial score (nSPS) is 14.5. The Bertz CT molecular complexity index is 832. The minimum Gasteiger partial charge on any atom is -0.365 e. The predicted octanol–water partition coefficient (Wildman–Crippen LogP) is 1.95. The molecule has 24 heavy (non-hydrogen) atoms. The van der Waals surface area contributed by atoms with Gasteiger partial charge in [-0.05, 0) is 24.0 Å². The van der Waals surface area contributed by atoms with E-state index in [4.69, 9.17) is 5.73 Å². The molecule has 12 heteroatoms. The van der Waals surface area contributed by atoms with Crippen molar-refractivity contribution < 1.29 is 68.0 Å². The molecule has 2 aromatic rings. The molecule has 3 rings (SSSR count). The van der Waals surface area contributed by atoms with Crippen LogP contribution in [0.1, 0.15) is 20.8 Å². The van der Waals surface area contributed by atoms with E-state index in [2.05, 4.69) is 5.10 Å². The number of carbonyl (C=O) groups is 1. The molecule has 1 atom stereocenters. The van der Waals surface area contributed by atoms with Crippen molar-refractivity contribution in [2.75, 3.05) is 0 Å². The van der Waals surface area contributed by atoms with E-state index >= 15 is 0 Å². The summed E-state index contributed by atoms with van der Waals surface area (Å²) in [5.41, 5.74) is 6.54. The van der Waals surface area contributed by atoms with Crippen LogP contribution in [-0.2, 0) is 30.5 Å². The summed E-state index contributed by atoms with van der Waals surface area (Å²) in [6, 6.07) is 0. The zero-order valence-corrected chi connectivity index (χ0v) is 17.3. The smallest absolute Gasteiger partial charge is 0.365 e. The van der Waals surface area contributed by atoms with Crippen LogP contribution in [0.15, 0.2) is 10.4 Å². The van der Waals surface area contributed by atoms with E-state index in [1.807, 2.05) is 0 Å². The summed E-state index contributed by atoms with van der Waals surface area (Å²) in [5.74, 6) is -0.770. The van der Waals surface area contributed by atoms with Gasteiger partial charge in [0.2, 0.25) is 0 Å². The van der Waals surface area contributed by atoms with Crippen LogP contribution in [0.2, 0.25) is 0 Å². The van der Waals surface area contributed by atoms with Gasteiger partial charge in [-0.15, -0.1) is 11.3 Å². The number of hydrogen-bond acceptors (Lipinski definition) is 4. The van der Waals surface area contributed by atoms with Crippen molar-refractivity contribution in [3.8, 4) is 11.3 Å². The third-order valence-electron chi connectivity index (χ3n) is 3.48. The van der Waals surface area contributed by atoms with Crippen molar-refractivity contribution in [1.29, 1.82) is 0 Å². The SMILES string of the molecule is NC(=O)c1sc(S(=O)O)c2c1CCc1cnn(CC(F)(F)F)c1-2.[Pr]. The predicted molar refractivity (Wildman–Crippen MR) is 76.6 cm³/mol. The molecule has 127 valence electrons. The van der Waals surface area contributed by atoms with Crippen molar-refractivity contribution in [1.82, 2.24) is 9.78 Å². The van der Waals surface area contributed by atoms with Gasteiger partial charge in [-0.2, -0.15) is 18.3 Å². The van der Waals surface area contributed by atoms with Crippen molar-refractivity contribution >= 4 is 28.3 Å². The van der Waals surface area contributed by atoms with Gasteiger partial charge < -0.3 is 10.3 Å². The fourth-order valence-electron chi connectivity index (χ4n) is 2.69. The molecule has 2 heterocycles. The van der Waals surface area contributed by atoms with Crippen LogP contribution in [0.4, 0.5) is 13.2 Å². The first-order valence-corrected chi connectivity index (χ1v) is 8.29. The van der Waals surface area contributed by atoms with Crippen molar-refractivity contribution in [2.45, 2.75) is 29.8 Å². The molecule has 1 unspecified atom stereocenters. The summed E-state index contributed by atoms with van der Waals surface area (Å²) in [4.78, 5) is 11.6. The number of nitrogens with two attached hydrogens (primary N) is 1. The molecule has 3 N–H and O–H groups in total. The Kier molecular flexibility index (Phi) is 5.91. The maximum Gasteiger partial charge on any atom is 0.408 e. The fraction of sp³-hybridized carbons (Fsp3) is 0.333. The molecule has 0 bridgehead atoms. The Morgan fingerprint density at radius 2 is 2.12 bits per heavy atom. The Morgan fingerprint density at radius 1 is 1.46 bits per heavy atom. The van der Waals surface area contributed by atoms with Crippen LogP contribution in [0.3, 0.4) is 0 Å². The summed E-state index contributed by atoms with van der Waals surface area (Å²) >= 11 is -1.71.